The smallest absolute Gasteiger partial charge is 0.323 e. The van der Waals surface area contributed by atoms with Gasteiger partial charge in [0, 0.05) is 12.0 Å². The lowest BCUT2D eigenvalue weighted by Gasteiger charge is -2.28. The molecule has 104 valence electrons. The van der Waals surface area contributed by atoms with E-state index in [0.717, 1.165) is 0 Å². The minimum atomic E-state index is -0.375. The third-order valence-electron chi connectivity index (χ3n) is 2.76. The van der Waals surface area contributed by atoms with Gasteiger partial charge < -0.3 is 10.1 Å². The Balaban J connectivity index is 2.65. The average molecular weight is 256 g/mol. The number of hydrogen-bond donors (Lipinski definition) is 2. The number of carbonyl (C=O) groups excluding carboxylic acids is 2. The van der Waals surface area contributed by atoms with E-state index in [9.17, 15) is 9.59 Å². The second-order valence-electron chi connectivity index (χ2n) is 6.14. The second-order valence-corrected chi connectivity index (χ2v) is 6.14. The number of ether oxygens (including phenoxy) is 1. The van der Waals surface area contributed by atoms with E-state index in [-0.39, 0.29) is 35.4 Å². The fourth-order valence-electron chi connectivity index (χ4n) is 1.88. The molecule has 5 heteroatoms. The molecule has 0 aromatic carbocycles. The van der Waals surface area contributed by atoms with Gasteiger partial charge in [0.15, 0.2) is 0 Å². The Hall–Kier alpha value is -1.10. The number of rotatable bonds is 4. The maximum atomic E-state index is 12.2. The highest BCUT2D eigenvalue weighted by atomic mass is 16.5. The predicted molar refractivity (Wildman–Crippen MR) is 69.0 cm³/mol. The molecular weight excluding hydrogens is 232 g/mol. The topological polar surface area (TPSA) is 67.4 Å². The molecule has 1 amide bonds. The molecule has 0 aliphatic carbocycles. The van der Waals surface area contributed by atoms with Crippen LogP contribution in [-0.4, -0.2) is 36.1 Å². The molecule has 0 aromatic rings. The first-order chi connectivity index (χ1) is 8.20. The lowest BCUT2D eigenvalue weighted by atomic mass is 10.00. The van der Waals surface area contributed by atoms with Gasteiger partial charge in [0.2, 0.25) is 5.91 Å². The molecule has 0 bridgehead atoms. The summed E-state index contributed by atoms with van der Waals surface area (Å²) >= 11 is 0. The number of cyclic esters (lactones) is 1. The Morgan fingerprint density at radius 3 is 2.39 bits per heavy atom. The molecule has 1 aliphatic rings. The van der Waals surface area contributed by atoms with Crippen LogP contribution < -0.4 is 10.6 Å². The molecular formula is C13H24N2O3. The van der Waals surface area contributed by atoms with E-state index in [4.69, 9.17) is 4.74 Å². The van der Waals surface area contributed by atoms with Crippen molar-refractivity contribution >= 4 is 11.9 Å². The van der Waals surface area contributed by atoms with Crippen LogP contribution in [0.2, 0.25) is 0 Å². The minimum Gasteiger partial charge on any atom is -0.464 e. The van der Waals surface area contributed by atoms with E-state index < -0.39 is 0 Å². The van der Waals surface area contributed by atoms with Crippen LogP contribution in [0.5, 0.6) is 0 Å². The molecule has 1 rings (SSSR count). The van der Waals surface area contributed by atoms with E-state index >= 15 is 0 Å². The van der Waals surface area contributed by atoms with Gasteiger partial charge in [0.05, 0.1) is 12.6 Å². The SMILES string of the molecule is CC(C)[C@@H](N[C@H]1CCOC1=O)C(=O)NC(C)(C)C. The lowest BCUT2D eigenvalue weighted by molar-refractivity contribution is -0.140. The maximum absolute atomic E-state index is 12.2. The van der Waals surface area contributed by atoms with Crippen LogP contribution >= 0.6 is 0 Å². The zero-order valence-electron chi connectivity index (χ0n) is 11.9. The Morgan fingerprint density at radius 1 is 1.39 bits per heavy atom. The van der Waals surface area contributed by atoms with Gasteiger partial charge in [-0.05, 0) is 26.7 Å². The summed E-state index contributed by atoms with van der Waals surface area (Å²) in [5.41, 5.74) is -0.276. The molecule has 1 saturated heterocycles. The average Bonchev–Trinajstić information content (AvgIpc) is 2.57. The second kappa shape index (κ2) is 5.69. The summed E-state index contributed by atoms with van der Waals surface area (Å²) in [6, 6.07) is -0.733. The van der Waals surface area contributed by atoms with Crippen LogP contribution in [0.25, 0.3) is 0 Å². The van der Waals surface area contributed by atoms with Gasteiger partial charge in [-0.2, -0.15) is 0 Å². The van der Waals surface area contributed by atoms with E-state index in [1.165, 1.54) is 0 Å². The van der Waals surface area contributed by atoms with E-state index in [1.807, 2.05) is 34.6 Å². The normalized spacial score (nSPS) is 21.9. The molecule has 0 radical (unpaired) electrons. The largest absolute Gasteiger partial charge is 0.464 e. The lowest BCUT2D eigenvalue weighted by Crippen LogP contribution is -2.55. The third-order valence-corrected chi connectivity index (χ3v) is 2.76. The third kappa shape index (κ3) is 4.29. The van der Waals surface area contributed by atoms with Crippen LogP contribution in [0, 0.1) is 5.92 Å². The minimum absolute atomic E-state index is 0.0720. The van der Waals surface area contributed by atoms with Crippen molar-refractivity contribution in [3.8, 4) is 0 Å². The molecule has 5 nitrogen and oxygen atoms in total. The number of carbonyl (C=O) groups is 2. The first kappa shape index (κ1) is 15.0. The zero-order valence-corrected chi connectivity index (χ0v) is 11.9. The maximum Gasteiger partial charge on any atom is 0.323 e. The van der Waals surface area contributed by atoms with Crippen molar-refractivity contribution in [2.24, 2.45) is 5.92 Å². The summed E-state index contributed by atoms with van der Waals surface area (Å²) < 4.78 is 4.89. The van der Waals surface area contributed by atoms with Crippen molar-refractivity contribution in [1.29, 1.82) is 0 Å². The Bertz CT molecular complexity index is 321. The van der Waals surface area contributed by atoms with Crippen molar-refractivity contribution in [3.63, 3.8) is 0 Å². The summed E-state index contributed by atoms with van der Waals surface area (Å²) in [6.07, 6.45) is 0.630. The van der Waals surface area contributed by atoms with Gasteiger partial charge in [-0.3, -0.25) is 14.9 Å². The molecule has 0 saturated carbocycles. The van der Waals surface area contributed by atoms with Crippen LogP contribution in [0.1, 0.15) is 41.0 Å². The first-order valence-electron chi connectivity index (χ1n) is 6.45. The van der Waals surface area contributed by atoms with Crippen LogP contribution in [-0.2, 0) is 14.3 Å². The highest BCUT2D eigenvalue weighted by molar-refractivity contribution is 5.84. The van der Waals surface area contributed by atoms with Crippen LogP contribution in [0.3, 0.4) is 0 Å². The molecule has 0 aromatic heterocycles. The van der Waals surface area contributed by atoms with Gasteiger partial charge in [-0.15, -0.1) is 0 Å². The molecule has 0 spiro atoms. The quantitative estimate of drug-likeness (QED) is 0.731. The van der Waals surface area contributed by atoms with Crippen molar-refractivity contribution < 1.29 is 14.3 Å². The van der Waals surface area contributed by atoms with E-state index in [1.54, 1.807) is 0 Å². The summed E-state index contributed by atoms with van der Waals surface area (Å²) in [5, 5.41) is 6.04. The van der Waals surface area contributed by atoms with Gasteiger partial charge in [-0.1, -0.05) is 13.8 Å². The van der Waals surface area contributed by atoms with Crippen molar-refractivity contribution in [3.05, 3.63) is 0 Å². The Kier molecular flexibility index (Phi) is 4.73. The zero-order chi connectivity index (χ0) is 13.9. The molecule has 1 fully saturated rings. The molecule has 18 heavy (non-hydrogen) atoms. The highest BCUT2D eigenvalue weighted by Crippen LogP contribution is 2.11. The molecule has 1 aliphatic heterocycles. The number of nitrogens with one attached hydrogen (secondary N) is 2. The highest BCUT2D eigenvalue weighted by Gasteiger charge is 2.33. The summed E-state index contributed by atoms with van der Waals surface area (Å²) in [5.74, 6) is -0.220. The van der Waals surface area contributed by atoms with Crippen molar-refractivity contribution in [1.82, 2.24) is 10.6 Å². The number of amides is 1. The van der Waals surface area contributed by atoms with Gasteiger partial charge in [0.1, 0.15) is 6.04 Å². The van der Waals surface area contributed by atoms with E-state index in [0.29, 0.717) is 13.0 Å². The number of esters is 1. The van der Waals surface area contributed by atoms with Crippen molar-refractivity contribution in [2.75, 3.05) is 6.61 Å². The molecule has 2 atom stereocenters. The van der Waals surface area contributed by atoms with Crippen LogP contribution in [0.15, 0.2) is 0 Å². The van der Waals surface area contributed by atoms with Crippen molar-refractivity contribution in [2.45, 2.75) is 58.7 Å². The first-order valence-corrected chi connectivity index (χ1v) is 6.45. The Labute approximate surface area is 109 Å². The van der Waals surface area contributed by atoms with Gasteiger partial charge in [-0.25, -0.2) is 0 Å². The standard InChI is InChI=1S/C13H24N2O3/c1-8(2)10(11(16)15-13(3,4)5)14-9-6-7-18-12(9)17/h8-10,14H,6-7H2,1-5H3,(H,15,16)/t9-,10+/m0/s1. The summed E-state index contributed by atoms with van der Waals surface area (Å²) in [4.78, 5) is 23.6. The van der Waals surface area contributed by atoms with E-state index in [2.05, 4.69) is 10.6 Å². The molecule has 1 heterocycles. The molecule has 0 unspecified atom stereocenters. The van der Waals surface area contributed by atoms with Gasteiger partial charge in [0.25, 0.3) is 0 Å². The summed E-state index contributed by atoms with van der Waals surface area (Å²) in [6.45, 7) is 10.2. The fourth-order valence-corrected chi connectivity index (χ4v) is 1.88. The monoisotopic (exact) mass is 256 g/mol. The Morgan fingerprint density at radius 2 is 2.00 bits per heavy atom. The summed E-state index contributed by atoms with van der Waals surface area (Å²) in [7, 11) is 0. The number of hydrogen-bond acceptors (Lipinski definition) is 4. The predicted octanol–water partition coefficient (Wildman–Crippen LogP) is 0.831. The van der Waals surface area contributed by atoms with Crippen LogP contribution in [0.4, 0.5) is 0 Å². The molecule has 2 N–H and O–H groups in total. The fraction of sp³-hybridized carbons (Fsp3) is 0.846. The van der Waals surface area contributed by atoms with Gasteiger partial charge >= 0.3 is 5.97 Å².